The Morgan fingerprint density at radius 3 is 1.88 bits per heavy atom. The summed E-state index contributed by atoms with van der Waals surface area (Å²) in [5, 5.41) is 41.9. The van der Waals surface area contributed by atoms with Crippen LogP contribution in [0.3, 0.4) is 0 Å². The van der Waals surface area contributed by atoms with E-state index in [4.69, 9.17) is 33.2 Å². The van der Waals surface area contributed by atoms with Gasteiger partial charge in [-0.1, -0.05) is 80.1 Å². The predicted molar refractivity (Wildman–Crippen MR) is 176 cm³/mol. The highest BCUT2D eigenvalue weighted by Crippen LogP contribution is 2.39. The van der Waals surface area contributed by atoms with Gasteiger partial charge in [0.1, 0.15) is 24.9 Å². The molecule has 0 radical (unpaired) electrons. The Morgan fingerprint density at radius 1 is 0.720 bits per heavy atom. The normalized spacial score (nSPS) is 29.7. The molecule has 2 rings (SSSR count). The predicted octanol–water partition coefficient (Wildman–Crippen LogP) is 2.31. The van der Waals surface area contributed by atoms with Crippen LogP contribution in [-0.4, -0.2) is 119 Å². The minimum absolute atomic E-state index is 0.000244. The summed E-state index contributed by atoms with van der Waals surface area (Å²) < 4.78 is 40.2. The Balaban J connectivity index is 2.35. The van der Waals surface area contributed by atoms with Crippen LogP contribution in [0.15, 0.2) is 0 Å². The van der Waals surface area contributed by atoms with E-state index >= 15 is 0 Å². The first-order valence-corrected chi connectivity index (χ1v) is 17.9. The van der Waals surface area contributed by atoms with E-state index in [0.717, 1.165) is 39.0 Å². The van der Waals surface area contributed by atoms with E-state index in [1.165, 1.54) is 6.42 Å². The van der Waals surface area contributed by atoms with Crippen LogP contribution in [0.25, 0.3) is 0 Å². The van der Waals surface area contributed by atoms with E-state index in [1.807, 2.05) is 0 Å². The van der Waals surface area contributed by atoms with Gasteiger partial charge in [0.15, 0.2) is 24.4 Å². The molecule has 15 nitrogen and oxygen atoms in total. The summed E-state index contributed by atoms with van der Waals surface area (Å²) >= 11 is 0. The fourth-order valence-electron chi connectivity index (χ4n) is 5.86. The van der Waals surface area contributed by atoms with Crippen molar-refractivity contribution in [1.82, 2.24) is 0 Å². The van der Waals surface area contributed by atoms with Gasteiger partial charge in [0.05, 0.1) is 19.1 Å². The lowest BCUT2D eigenvalue weighted by Crippen LogP contribution is -2.65. The van der Waals surface area contributed by atoms with Crippen LogP contribution < -0.4 is 0 Å². The Morgan fingerprint density at radius 2 is 1.34 bits per heavy atom. The number of ether oxygens (including phenoxy) is 7. The van der Waals surface area contributed by atoms with Crippen LogP contribution in [0.4, 0.5) is 0 Å². The van der Waals surface area contributed by atoms with Crippen LogP contribution in [-0.2, 0) is 52.3 Å². The van der Waals surface area contributed by atoms with Crippen molar-refractivity contribution in [3.8, 4) is 0 Å². The van der Waals surface area contributed by atoms with Crippen LogP contribution in [0.2, 0.25) is 0 Å². The minimum atomic E-state index is -2.38. The largest absolute Gasteiger partial charge is 0.455 e. The molecule has 0 amide bonds. The molecule has 4 N–H and O–H groups in total. The lowest BCUT2D eigenvalue weighted by Gasteiger charge is -2.46. The molecule has 290 valence electrons. The number of hydrogen-bond donors (Lipinski definition) is 4. The number of carbonyl (C=O) groups is 4. The maximum atomic E-state index is 13.0. The van der Waals surface area contributed by atoms with Crippen LogP contribution in [0.5, 0.6) is 0 Å². The van der Waals surface area contributed by atoms with Gasteiger partial charge in [0, 0.05) is 19.8 Å². The molecule has 0 aromatic rings. The number of rotatable bonds is 21. The maximum Gasteiger partial charge on any atom is 0.308 e. The Kier molecular flexibility index (Phi) is 18.6. The molecule has 2 saturated heterocycles. The first kappa shape index (κ1) is 43.8. The Bertz CT molecular complexity index is 1060. The molecule has 0 aromatic heterocycles. The number of esters is 4. The zero-order chi connectivity index (χ0) is 37.6. The molecular formula is C35H60O15. The molecule has 50 heavy (non-hydrogen) atoms. The van der Waals surface area contributed by atoms with Crippen molar-refractivity contribution in [2.24, 2.45) is 17.8 Å². The average molecular weight is 721 g/mol. The molecule has 0 saturated carbocycles. The number of aliphatic hydroxyl groups is 4. The lowest BCUT2D eigenvalue weighted by molar-refractivity contribution is -0.384. The standard InChI is InChI=1S/C35H60O15/c1-20(2)14-12-10-8-9-11-13-15-26(40)47-32-28(42)24(17-36)49-35(32,19-38)50-34-31(44-23(7)39)30(48-33(43)22(5)6)29(25(18-37)45-34)46-27(41)16-21(3)4/h20-22,24-25,28-32,34,36-38,42H,8-19H2,1-7H3/t24-,25-,28-,29-,30+,31-,32+,34-,35+/m1/s1. The summed E-state index contributed by atoms with van der Waals surface area (Å²) in [6, 6.07) is 0. The second-order valence-electron chi connectivity index (χ2n) is 14.3. The summed E-state index contributed by atoms with van der Waals surface area (Å²) in [5.41, 5.74) is 0. The summed E-state index contributed by atoms with van der Waals surface area (Å²) in [6.07, 6.45) is -5.99. The van der Waals surface area contributed by atoms with Gasteiger partial charge in [-0.25, -0.2) is 0 Å². The highest BCUT2D eigenvalue weighted by atomic mass is 16.8. The number of carbonyl (C=O) groups excluding carboxylic acids is 4. The molecule has 0 unspecified atom stereocenters. The average Bonchev–Trinajstić information content (AvgIpc) is 3.30. The first-order valence-electron chi connectivity index (χ1n) is 17.9. The third-order valence-corrected chi connectivity index (χ3v) is 8.50. The lowest BCUT2D eigenvalue weighted by atomic mass is 9.97. The van der Waals surface area contributed by atoms with Crippen molar-refractivity contribution >= 4 is 23.9 Å². The minimum Gasteiger partial charge on any atom is -0.455 e. The highest BCUT2D eigenvalue weighted by molar-refractivity contribution is 5.72. The molecular weight excluding hydrogens is 660 g/mol. The smallest absolute Gasteiger partial charge is 0.308 e. The first-order chi connectivity index (χ1) is 23.6. The number of aliphatic hydroxyl groups excluding tert-OH is 4. The molecule has 2 fully saturated rings. The molecule has 2 aliphatic rings. The van der Waals surface area contributed by atoms with E-state index in [2.05, 4.69) is 13.8 Å². The van der Waals surface area contributed by atoms with Gasteiger partial charge < -0.3 is 53.6 Å². The van der Waals surface area contributed by atoms with Crippen LogP contribution in [0.1, 0.15) is 106 Å². The highest BCUT2D eigenvalue weighted by Gasteiger charge is 2.62. The molecule has 0 aliphatic carbocycles. The van der Waals surface area contributed by atoms with Gasteiger partial charge in [-0.15, -0.1) is 0 Å². The zero-order valence-corrected chi connectivity index (χ0v) is 30.6. The van der Waals surface area contributed by atoms with E-state index in [1.54, 1.807) is 27.7 Å². The molecule has 9 atom stereocenters. The second-order valence-corrected chi connectivity index (χ2v) is 14.3. The van der Waals surface area contributed by atoms with E-state index in [0.29, 0.717) is 12.3 Å². The van der Waals surface area contributed by atoms with E-state index < -0.39 is 104 Å². The van der Waals surface area contributed by atoms with Crippen molar-refractivity contribution in [3.05, 3.63) is 0 Å². The van der Waals surface area contributed by atoms with Crippen molar-refractivity contribution in [1.29, 1.82) is 0 Å². The SMILES string of the molecule is CC(=O)O[C@H]1[C@@H](O[C@]2(CO)O[C@H](CO)[C@@H](O)[C@@H]2OC(=O)CCCCCCCCC(C)C)O[C@H](CO)[C@@H](OC(=O)CC(C)C)[C@@H]1OC(=O)C(C)C. The van der Waals surface area contributed by atoms with Gasteiger partial charge in [-0.3, -0.25) is 19.2 Å². The maximum absolute atomic E-state index is 13.0. The fourth-order valence-corrected chi connectivity index (χ4v) is 5.86. The molecule has 0 bridgehead atoms. The topological polar surface area (TPSA) is 214 Å². The fraction of sp³-hybridized carbons (Fsp3) is 0.886. The van der Waals surface area contributed by atoms with Crippen molar-refractivity contribution in [3.63, 3.8) is 0 Å². The summed E-state index contributed by atoms with van der Waals surface area (Å²) in [4.78, 5) is 51.0. The van der Waals surface area contributed by atoms with Gasteiger partial charge >= 0.3 is 23.9 Å². The monoisotopic (exact) mass is 720 g/mol. The van der Waals surface area contributed by atoms with Gasteiger partial charge in [-0.2, -0.15) is 0 Å². The van der Waals surface area contributed by atoms with Crippen molar-refractivity contribution in [2.75, 3.05) is 19.8 Å². The summed E-state index contributed by atoms with van der Waals surface area (Å²) in [7, 11) is 0. The van der Waals surface area contributed by atoms with Gasteiger partial charge in [-0.05, 0) is 18.3 Å². The number of hydrogen-bond acceptors (Lipinski definition) is 15. The Hall–Kier alpha value is -2.40. The zero-order valence-electron chi connectivity index (χ0n) is 30.6. The molecule has 0 aromatic carbocycles. The van der Waals surface area contributed by atoms with E-state index in [9.17, 15) is 39.6 Å². The Labute approximate surface area is 295 Å². The number of unbranched alkanes of at least 4 members (excludes halogenated alkanes) is 5. The third kappa shape index (κ3) is 13.0. The van der Waals surface area contributed by atoms with E-state index in [-0.39, 0.29) is 18.8 Å². The summed E-state index contributed by atoms with van der Waals surface area (Å²) in [5.74, 6) is -5.56. The molecule has 2 aliphatic heterocycles. The van der Waals surface area contributed by atoms with Crippen LogP contribution >= 0.6 is 0 Å². The van der Waals surface area contributed by atoms with Crippen molar-refractivity contribution in [2.45, 2.75) is 161 Å². The third-order valence-electron chi connectivity index (χ3n) is 8.50. The molecule has 2 heterocycles. The molecule has 0 spiro atoms. The van der Waals surface area contributed by atoms with Crippen LogP contribution in [0, 0.1) is 17.8 Å². The summed E-state index contributed by atoms with van der Waals surface area (Å²) in [6.45, 7) is 9.53. The molecule has 15 heteroatoms. The van der Waals surface area contributed by atoms with Gasteiger partial charge in [0.2, 0.25) is 12.1 Å². The van der Waals surface area contributed by atoms with Crippen molar-refractivity contribution < 1.29 is 72.8 Å². The second kappa shape index (κ2) is 21.2. The van der Waals surface area contributed by atoms with Gasteiger partial charge in [0.25, 0.3) is 0 Å². The quantitative estimate of drug-likeness (QED) is 0.0761.